The van der Waals surface area contributed by atoms with Crippen LogP contribution in [0.3, 0.4) is 0 Å². The molecule has 0 rings (SSSR count). The van der Waals surface area contributed by atoms with Gasteiger partial charge in [-0.25, -0.2) is 0 Å². The fourth-order valence-electron chi connectivity index (χ4n) is 0.241. The van der Waals surface area contributed by atoms with Crippen LogP contribution in [0, 0.1) is 0 Å². The van der Waals surface area contributed by atoms with E-state index in [4.69, 9.17) is 19.4 Å². The van der Waals surface area contributed by atoms with Crippen LogP contribution in [-0.2, 0) is 4.79 Å². The molecular formula is C4H6BClO. The van der Waals surface area contributed by atoms with Crippen molar-refractivity contribution in [1.29, 1.82) is 0 Å². The van der Waals surface area contributed by atoms with Gasteiger partial charge in [-0.2, -0.15) is 0 Å². The maximum absolute atomic E-state index is 9.91. The lowest BCUT2D eigenvalue weighted by molar-refractivity contribution is -0.111. The summed E-state index contributed by atoms with van der Waals surface area (Å²) in [4.78, 5) is 9.91. The predicted octanol–water partition coefficient (Wildman–Crippen LogP) is 1.12. The molecule has 0 unspecified atom stereocenters. The summed E-state index contributed by atoms with van der Waals surface area (Å²) in [6, 6.07) is 0. The Labute approximate surface area is 49.5 Å². The molecule has 3 heteroatoms. The largest absolute Gasteiger partial charge is 0.281 e. The molecule has 0 saturated carbocycles. The summed E-state index contributed by atoms with van der Waals surface area (Å²) in [7, 11) is 5.07. The number of carbonyl (C=O) groups is 1. The van der Waals surface area contributed by atoms with Crippen LogP contribution in [0.4, 0.5) is 0 Å². The smallest absolute Gasteiger partial charge is 0.221 e. The summed E-state index contributed by atoms with van der Waals surface area (Å²) in [5, 5.41) is -0.301. The molecule has 0 aromatic rings. The zero-order chi connectivity index (χ0) is 5.70. The number of halogens is 1. The van der Waals surface area contributed by atoms with E-state index < -0.39 is 0 Å². The number of carbonyl (C=O) groups excluding carboxylic acids is 1. The van der Waals surface area contributed by atoms with Crippen molar-refractivity contribution < 1.29 is 4.79 Å². The quantitative estimate of drug-likeness (QED) is 0.399. The molecule has 0 spiro atoms. The van der Waals surface area contributed by atoms with Crippen molar-refractivity contribution in [2.24, 2.45) is 0 Å². The van der Waals surface area contributed by atoms with Crippen molar-refractivity contribution in [3.8, 4) is 0 Å². The molecule has 7 heavy (non-hydrogen) atoms. The molecule has 0 aromatic carbocycles. The minimum atomic E-state index is -0.301. The van der Waals surface area contributed by atoms with Crippen molar-refractivity contribution in [3.05, 3.63) is 0 Å². The molecule has 0 fully saturated rings. The van der Waals surface area contributed by atoms with Crippen LogP contribution in [0.5, 0.6) is 0 Å². The lowest BCUT2D eigenvalue weighted by atomic mass is 10.0. The van der Waals surface area contributed by atoms with Gasteiger partial charge in [0.2, 0.25) is 5.24 Å². The van der Waals surface area contributed by atoms with Gasteiger partial charge >= 0.3 is 0 Å². The molecule has 38 valence electrons. The molecule has 0 aliphatic heterocycles. The van der Waals surface area contributed by atoms with Gasteiger partial charge in [0.15, 0.2) is 0 Å². The molecule has 0 heterocycles. The molecule has 0 aromatic heterocycles. The Balaban J connectivity index is 2.82. The molecule has 0 aliphatic carbocycles. The Morgan fingerprint density at radius 1 is 1.71 bits per heavy atom. The van der Waals surface area contributed by atoms with Crippen LogP contribution in [-0.4, -0.2) is 13.1 Å². The molecule has 2 radical (unpaired) electrons. The van der Waals surface area contributed by atoms with Crippen molar-refractivity contribution >= 4 is 24.7 Å². The van der Waals surface area contributed by atoms with E-state index in [-0.39, 0.29) is 5.24 Å². The van der Waals surface area contributed by atoms with Gasteiger partial charge < -0.3 is 0 Å². The molecular weight excluding hydrogens is 110 g/mol. The lowest BCUT2D eigenvalue weighted by Crippen LogP contribution is -1.83. The van der Waals surface area contributed by atoms with Crippen LogP contribution >= 0.6 is 11.6 Å². The van der Waals surface area contributed by atoms with Crippen molar-refractivity contribution in [1.82, 2.24) is 0 Å². The van der Waals surface area contributed by atoms with Crippen LogP contribution in [0.2, 0.25) is 6.32 Å². The first-order valence-corrected chi connectivity index (χ1v) is 2.53. The van der Waals surface area contributed by atoms with Gasteiger partial charge in [-0.3, -0.25) is 4.79 Å². The molecule has 0 bridgehead atoms. The van der Waals surface area contributed by atoms with Crippen LogP contribution in [0.15, 0.2) is 0 Å². The Morgan fingerprint density at radius 2 is 2.29 bits per heavy atom. The molecule has 0 aliphatic rings. The summed E-state index contributed by atoms with van der Waals surface area (Å²) >= 11 is 4.96. The summed E-state index contributed by atoms with van der Waals surface area (Å²) in [5.74, 6) is 0. The molecule has 0 saturated heterocycles. The van der Waals surface area contributed by atoms with Gasteiger partial charge in [-0.15, -0.1) is 0 Å². The second kappa shape index (κ2) is 4.19. The summed E-state index contributed by atoms with van der Waals surface area (Å²) in [5.41, 5.74) is 0. The van der Waals surface area contributed by atoms with E-state index >= 15 is 0 Å². The van der Waals surface area contributed by atoms with E-state index in [1.165, 1.54) is 0 Å². The normalized spacial score (nSPS) is 8.71. The molecule has 1 nitrogen and oxygen atoms in total. The standard InChI is InChI=1S/C4H6BClO/c5-3-1-2-4(6)7/h1-3H2. The fraction of sp³-hybridized carbons (Fsp3) is 0.750. The van der Waals surface area contributed by atoms with Gasteiger partial charge in [0.05, 0.1) is 7.85 Å². The highest BCUT2D eigenvalue weighted by Gasteiger charge is 1.90. The minimum Gasteiger partial charge on any atom is -0.281 e. The van der Waals surface area contributed by atoms with Crippen LogP contribution in [0.25, 0.3) is 0 Å². The van der Waals surface area contributed by atoms with E-state index in [2.05, 4.69) is 0 Å². The number of hydrogen-bond donors (Lipinski definition) is 0. The summed E-state index contributed by atoms with van der Waals surface area (Å²) in [6.07, 6.45) is 1.64. The Kier molecular flexibility index (Phi) is 4.21. The Bertz CT molecular complexity index is 64.7. The average molecular weight is 116 g/mol. The Hall–Kier alpha value is 0.0249. The lowest BCUT2D eigenvalue weighted by Gasteiger charge is -1.84. The summed E-state index contributed by atoms with van der Waals surface area (Å²) in [6.45, 7) is 0. The highest BCUT2D eigenvalue weighted by molar-refractivity contribution is 6.63. The first-order valence-electron chi connectivity index (χ1n) is 2.15. The zero-order valence-corrected chi connectivity index (χ0v) is 4.74. The van der Waals surface area contributed by atoms with Crippen LogP contribution < -0.4 is 0 Å². The molecule has 0 atom stereocenters. The highest BCUT2D eigenvalue weighted by atomic mass is 35.5. The SMILES string of the molecule is [B]CCCC(=O)Cl. The second-order valence-corrected chi connectivity index (χ2v) is 1.67. The Morgan fingerprint density at radius 3 is 2.43 bits per heavy atom. The molecule has 0 N–H and O–H groups in total. The van der Waals surface area contributed by atoms with Gasteiger partial charge in [-0.1, -0.05) is 12.7 Å². The first-order chi connectivity index (χ1) is 3.27. The maximum atomic E-state index is 9.91. The third-order valence-corrected chi connectivity index (χ3v) is 0.766. The predicted molar refractivity (Wildman–Crippen MR) is 30.7 cm³/mol. The van der Waals surface area contributed by atoms with E-state index in [1.807, 2.05) is 0 Å². The van der Waals surface area contributed by atoms with Crippen molar-refractivity contribution in [2.45, 2.75) is 19.2 Å². The van der Waals surface area contributed by atoms with Crippen LogP contribution in [0.1, 0.15) is 12.8 Å². The minimum absolute atomic E-state index is 0.301. The monoisotopic (exact) mass is 116 g/mol. The van der Waals surface area contributed by atoms with Crippen molar-refractivity contribution in [2.75, 3.05) is 0 Å². The van der Waals surface area contributed by atoms with E-state index in [0.29, 0.717) is 19.2 Å². The first kappa shape index (κ1) is 7.02. The van der Waals surface area contributed by atoms with E-state index in [1.54, 1.807) is 0 Å². The fourth-order valence-corrected chi connectivity index (χ4v) is 0.375. The summed E-state index contributed by atoms with van der Waals surface area (Å²) < 4.78 is 0. The highest BCUT2D eigenvalue weighted by Crippen LogP contribution is 1.95. The van der Waals surface area contributed by atoms with Gasteiger partial charge in [-0.05, 0) is 11.6 Å². The number of rotatable bonds is 3. The molecule has 0 amide bonds. The van der Waals surface area contributed by atoms with Gasteiger partial charge in [0.1, 0.15) is 0 Å². The van der Waals surface area contributed by atoms with Gasteiger partial charge in [0.25, 0.3) is 0 Å². The third kappa shape index (κ3) is 6.02. The number of hydrogen-bond acceptors (Lipinski definition) is 1. The topological polar surface area (TPSA) is 17.1 Å². The zero-order valence-electron chi connectivity index (χ0n) is 3.98. The van der Waals surface area contributed by atoms with E-state index in [9.17, 15) is 4.79 Å². The maximum Gasteiger partial charge on any atom is 0.221 e. The van der Waals surface area contributed by atoms with Gasteiger partial charge in [0, 0.05) is 6.42 Å². The van der Waals surface area contributed by atoms with E-state index in [0.717, 1.165) is 0 Å². The average Bonchev–Trinajstić information content (AvgIpc) is 1.61. The third-order valence-electron chi connectivity index (χ3n) is 0.577. The second-order valence-electron chi connectivity index (χ2n) is 1.25. The van der Waals surface area contributed by atoms with Crippen molar-refractivity contribution in [3.63, 3.8) is 0 Å².